The van der Waals surface area contributed by atoms with E-state index in [1.54, 1.807) is 0 Å². The molecule has 3 nitrogen and oxygen atoms in total. The summed E-state index contributed by atoms with van der Waals surface area (Å²) in [6.45, 7) is 5.70. The first-order chi connectivity index (χ1) is 8.53. The van der Waals surface area contributed by atoms with Gasteiger partial charge in [0, 0.05) is 18.6 Å². The van der Waals surface area contributed by atoms with Crippen molar-refractivity contribution in [2.75, 3.05) is 13.1 Å². The van der Waals surface area contributed by atoms with Gasteiger partial charge >= 0.3 is 0 Å². The first-order valence-corrected chi connectivity index (χ1v) is 7.72. The second kappa shape index (κ2) is 5.89. The average molecular weight is 254 g/mol. The Morgan fingerprint density at radius 3 is 2.56 bits per heavy atom. The zero-order valence-corrected chi connectivity index (χ0v) is 12.1. The van der Waals surface area contributed by atoms with Crippen molar-refractivity contribution in [3.05, 3.63) is 0 Å². The highest BCUT2D eigenvalue weighted by atomic mass is 16.3. The molecule has 1 saturated heterocycles. The van der Waals surface area contributed by atoms with E-state index in [0.717, 1.165) is 18.4 Å². The molecule has 3 heteroatoms. The summed E-state index contributed by atoms with van der Waals surface area (Å²) >= 11 is 0. The topological polar surface area (TPSA) is 49.5 Å². The normalized spacial score (nSPS) is 31.7. The lowest BCUT2D eigenvalue weighted by Crippen LogP contribution is -2.46. The van der Waals surface area contributed by atoms with Gasteiger partial charge in [-0.05, 0) is 58.4 Å². The molecule has 0 aromatic carbocycles. The molecule has 0 radical (unpaired) electrons. The van der Waals surface area contributed by atoms with Gasteiger partial charge in [-0.2, -0.15) is 0 Å². The molecule has 106 valence electrons. The minimum atomic E-state index is -0.706. The summed E-state index contributed by atoms with van der Waals surface area (Å²) in [6.07, 6.45) is 9.17. The number of aliphatic hydroxyl groups is 1. The Morgan fingerprint density at radius 1 is 1.28 bits per heavy atom. The lowest BCUT2D eigenvalue weighted by atomic mass is 9.92. The van der Waals surface area contributed by atoms with Gasteiger partial charge < -0.3 is 10.8 Å². The average Bonchev–Trinajstić information content (AvgIpc) is 2.98. The number of hydrogen-bond acceptors (Lipinski definition) is 3. The first-order valence-electron chi connectivity index (χ1n) is 7.72. The van der Waals surface area contributed by atoms with Gasteiger partial charge in [0.15, 0.2) is 0 Å². The van der Waals surface area contributed by atoms with E-state index in [1.807, 2.05) is 6.92 Å². The molecule has 2 fully saturated rings. The molecular formula is C15H30N2O. The quantitative estimate of drug-likeness (QED) is 0.790. The van der Waals surface area contributed by atoms with Gasteiger partial charge in [0.05, 0.1) is 5.60 Å². The predicted octanol–water partition coefficient (Wildman–Crippen LogP) is 2.13. The summed E-state index contributed by atoms with van der Waals surface area (Å²) in [7, 11) is 0. The number of hydrogen-bond donors (Lipinski definition) is 2. The van der Waals surface area contributed by atoms with Gasteiger partial charge in [0.2, 0.25) is 0 Å². The van der Waals surface area contributed by atoms with Crippen molar-refractivity contribution in [2.24, 2.45) is 11.7 Å². The standard InChI is InChI=1S/C15H30N2O/c1-12(10-15(2,18)11-16)17-9-5-8-14(17)13-6-3-4-7-13/h12-14,18H,3-11,16H2,1-2H3. The molecule has 1 saturated carbocycles. The monoisotopic (exact) mass is 254 g/mol. The molecule has 1 aliphatic carbocycles. The van der Waals surface area contributed by atoms with Gasteiger partial charge in [-0.3, -0.25) is 4.90 Å². The highest BCUT2D eigenvalue weighted by molar-refractivity contribution is 4.92. The largest absolute Gasteiger partial charge is 0.389 e. The Hall–Kier alpha value is -0.120. The van der Waals surface area contributed by atoms with Gasteiger partial charge in [-0.1, -0.05) is 12.8 Å². The molecule has 2 rings (SSSR count). The predicted molar refractivity (Wildman–Crippen MR) is 75.4 cm³/mol. The highest BCUT2D eigenvalue weighted by Gasteiger charge is 2.37. The lowest BCUT2D eigenvalue weighted by molar-refractivity contribution is 0.0203. The number of rotatable bonds is 5. The second-order valence-corrected chi connectivity index (χ2v) is 6.75. The molecule has 0 bridgehead atoms. The van der Waals surface area contributed by atoms with E-state index in [2.05, 4.69) is 11.8 Å². The first kappa shape index (κ1) is 14.3. The number of likely N-dealkylation sites (tertiary alicyclic amines) is 1. The number of nitrogens with two attached hydrogens (primary N) is 1. The minimum absolute atomic E-state index is 0.360. The Bertz CT molecular complexity index is 261. The van der Waals surface area contributed by atoms with Crippen molar-refractivity contribution >= 4 is 0 Å². The van der Waals surface area contributed by atoms with Gasteiger partial charge in [0.25, 0.3) is 0 Å². The third-order valence-corrected chi connectivity index (χ3v) is 5.03. The zero-order chi connectivity index (χ0) is 13.2. The molecule has 1 heterocycles. The van der Waals surface area contributed by atoms with E-state index >= 15 is 0 Å². The molecule has 18 heavy (non-hydrogen) atoms. The molecule has 0 aromatic heterocycles. The Balaban J connectivity index is 1.93. The van der Waals surface area contributed by atoms with Crippen LogP contribution in [0.2, 0.25) is 0 Å². The Kier molecular flexibility index (Phi) is 4.68. The maximum atomic E-state index is 10.2. The molecule has 3 unspecified atom stereocenters. The van der Waals surface area contributed by atoms with E-state index in [9.17, 15) is 5.11 Å². The minimum Gasteiger partial charge on any atom is -0.389 e. The van der Waals surface area contributed by atoms with Crippen LogP contribution in [-0.4, -0.2) is 40.8 Å². The van der Waals surface area contributed by atoms with Crippen molar-refractivity contribution in [2.45, 2.75) is 76.5 Å². The van der Waals surface area contributed by atoms with Crippen LogP contribution in [0.25, 0.3) is 0 Å². The van der Waals surface area contributed by atoms with Gasteiger partial charge in [-0.15, -0.1) is 0 Å². The summed E-state index contributed by atoms with van der Waals surface area (Å²) in [5.41, 5.74) is 4.94. The SMILES string of the molecule is CC(CC(C)(O)CN)N1CCCC1C1CCCC1. The summed E-state index contributed by atoms with van der Waals surface area (Å²) in [5, 5.41) is 10.2. The fraction of sp³-hybridized carbons (Fsp3) is 1.00. The third-order valence-electron chi connectivity index (χ3n) is 5.03. The molecule has 0 spiro atoms. The molecule has 3 atom stereocenters. The van der Waals surface area contributed by atoms with Crippen molar-refractivity contribution in [3.63, 3.8) is 0 Å². The molecule has 2 aliphatic rings. The van der Waals surface area contributed by atoms with Crippen LogP contribution >= 0.6 is 0 Å². The molecule has 0 amide bonds. The van der Waals surface area contributed by atoms with Crippen LogP contribution in [0, 0.1) is 5.92 Å². The van der Waals surface area contributed by atoms with E-state index in [-0.39, 0.29) is 0 Å². The van der Waals surface area contributed by atoms with Crippen LogP contribution in [0.5, 0.6) is 0 Å². The fourth-order valence-corrected chi connectivity index (χ4v) is 4.05. The van der Waals surface area contributed by atoms with Crippen molar-refractivity contribution in [1.82, 2.24) is 4.90 Å². The zero-order valence-electron chi connectivity index (χ0n) is 12.1. The summed E-state index contributed by atoms with van der Waals surface area (Å²) in [5.74, 6) is 0.915. The lowest BCUT2D eigenvalue weighted by Gasteiger charge is -2.37. The van der Waals surface area contributed by atoms with Crippen molar-refractivity contribution in [1.29, 1.82) is 0 Å². The Morgan fingerprint density at radius 2 is 1.94 bits per heavy atom. The molecule has 1 aliphatic heterocycles. The number of nitrogens with zero attached hydrogens (tertiary/aromatic N) is 1. The van der Waals surface area contributed by atoms with E-state index in [4.69, 9.17) is 5.73 Å². The van der Waals surface area contributed by atoms with Crippen molar-refractivity contribution < 1.29 is 5.11 Å². The summed E-state index contributed by atoms with van der Waals surface area (Å²) in [6, 6.07) is 1.23. The van der Waals surface area contributed by atoms with Crippen LogP contribution in [0.4, 0.5) is 0 Å². The van der Waals surface area contributed by atoms with E-state index in [0.29, 0.717) is 12.6 Å². The second-order valence-electron chi connectivity index (χ2n) is 6.75. The summed E-state index contributed by atoms with van der Waals surface area (Å²) < 4.78 is 0. The maximum absolute atomic E-state index is 10.2. The van der Waals surface area contributed by atoms with Crippen LogP contribution in [0.3, 0.4) is 0 Å². The maximum Gasteiger partial charge on any atom is 0.0756 e. The van der Waals surface area contributed by atoms with Crippen LogP contribution in [-0.2, 0) is 0 Å². The van der Waals surface area contributed by atoms with Crippen LogP contribution in [0.15, 0.2) is 0 Å². The highest BCUT2D eigenvalue weighted by Crippen LogP contribution is 2.37. The van der Waals surface area contributed by atoms with Gasteiger partial charge in [0.1, 0.15) is 0 Å². The Labute approximate surface area is 112 Å². The third kappa shape index (κ3) is 3.25. The van der Waals surface area contributed by atoms with Gasteiger partial charge in [-0.25, -0.2) is 0 Å². The molecule has 0 aromatic rings. The van der Waals surface area contributed by atoms with Crippen LogP contribution < -0.4 is 5.73 Å². The van der Waals surface area contributed by atoms with Crippen LogP contribution in [0.1, 0.15) is 58.8 Å². The molecule has 3 N–H and O–H groups in total. The van der Waals surface area contributed by atoms with E-state index in [1.165, 1.54) is 45.1 Å². The van der Waals surface area contributed by atoms with Crippen molar-refractivity contribution in [3.8, 4) is 0 Å². The smallest absolute Gasteiger partial charge is 0.0756 e. The van der Waals surface area contributed by atoms with E-state index < -0.39 is 5.60 Å². The fourth-order valence-electron chi connectivity index (χ4n) is 4.05. The summed E-state index contributed by atoms with van der Waals surface area (Å²) in [4.78, 5) is 2.65. The molecular weight excluding hydrogens is 224 g/mol.